The molecule has 19 heavy (non-hydrogen) atoms. The minimum absolute atomic E-state index is 0.0746. The van der Waals surface area contributed by atoms with Gasteiger partial charge in [0.2, 0.25) is 0 Å². The van der Waals surface area contributed by atoms with E-state index in [0.717, 1.165) is 0 Å². The highest BCUT2D eigenvalue weighted by Crippen LogP contribution is 2.17. The summed E-state index contributed by atoms with van der Waals surface area (Å²) in [5.74, 6) is -1.28. The molecule has 2 aromatic carbocycles. The molecule has 0 aliphatic carbocycles. The Hall–Kier alpha value is -2.82. The smallest absolute Gasteiger partial charge is 0.343 e. The van der Waals surface area contributed by atoms with Crippen molar-refractivity contribution in [1.29, 1.82) is 0 Å². The molecular formula is C14H10O5. The fourth-order valence-corrected chi connectivity index (χ4v) is 1.43. The lowest BCUT2D eigenvalue weighted by Crippen LogP contribution is -2.08. The van der Waals surface area contributed by atoms with Gasteiger partial charge in [-0.25, -0.2) is 9.59 Å². The fraction of sp³-hybridized carbons (Fsp3) is 0. The molecule has 0 saturated heterocycles. The summed E-state index contributed by atoms with van der Waals surface area (Å²) in [7, 11) is 0. The minimum atomic E-state index is -1.06. The first-order valence-electron chi connectivity index (χ1n) is 5.41. The first kappa shape index (κ1) is 12.6. The summed E-state index contributed by atoms with van der Waals surface area (Å²) >= 11 is 0. The van der Waals surface area contributed by atoms with E-state index in [1.807, 2.05) is 0 Å². The van der Waals surface area contributed by atoms with Gasteiger partial charge in [-0.05, 0) is 48.5 Å². The number of aromatic hydroxyl groups is 1. The number of esters is 1. The maximum absolute atomic E-state index is 11.7. The number of benzene rings is 2. The Kier molecular flexibility index (Phi) is 3.47. The number of carbonyl (C=O) groups is 2. The minimum Gasteiger partial charge on any atom is -0.508 e. The first-order valence-corrected chi connectivity index (χ1v) is 5.41. The molecule has 0 aliphatic heterocycles. The molecule has 0 spiro atoms. The summed E-state index contributed by atoms with van der Waals surface area (Å²) in [4.78, 5) is 22.4. The second-order valence-electron chi connectivity index (χ2n) is 3.77. The van der Waals surface area contributed by atoms with Crippen LogP contribution in [0.4, 0.5) is 0 Å². The quantitative estimate of drug-likeness (QED) is 0.652. The Morgan fingerprint density at radius 2 is 1.37 bits per heavy atom. The molecular weight excluding hydrogens is 248 g/mol. The number of hydrogen-bond donors (Lipinski definition) is 2. The lowest BCUT2D eigenvalue weighted by molar-refractivity contribution is 0.0691. The number of carbonyl (C=O) groups excluding carboxylic acids is 1. The van der Waals surface area contributed by atoms with Gasteiger partial charge in [-0.3, -0.25) is 0 Å². The third kappa shape index (κ3) is 3.10. The van der Waals surface area contributed by atoms with Crippen LogP contribution in [0.5, 0.6) is 11.5 Å². The maximum atomic E-state index is 11.7. The second kappa shape index (κ2) is 5.22. The first-order chi connectivity index (χ1) is 9.06. The van der Waals surface area contributed by atoms with Gasteiger partial charge in [-0.1, -0.05) is 0 Å². The molecule has 0 aliphatic rings. The van der Waals surface area contributed by atoms with Crippen LogP contribution >= 0.6 is 0 Å². The number of phenols is 1. The number of rotatable bonds is 3. The monoisotopic (exact) mass is 258 g/mol. The van der Waals surface area contributed by atoms with Crippen molar-refractivity contribution in [2.45, 2.75) is 0 Å². The molecule has 2 aromatic rings. The van der Waals surface area contributed by atoms with Crippen molar-refractivity contribution in [3.05, 3.63) is 59.7 Å². The largest absolute Gasteiger partial charge is 0.508 e. The van der Waals surface area contributed by atoms with Crippen molar-refractivity contribution in [2.75, 3.05) is 0 Å². The summed E-state index contributed by atoms with van der Waals surface area (Å²) in [6.45, 7) is 0. The molecule has 0 atom stereocenters. The average Bonchev–Trinajstić information content (AvgIpc) is 2.41. The maximum Gasteiger partial charge on any atom is 0.343 e. The van der Waals surface area contributed by atoms with Crippen LogP contribution in [-0.2, 0) is 0 Å². The van der Waals surface area contributed by atoms with Crippen LogP contribution in [0.1, 0.15) is 20.7 Å². The van der Waals surface area contributed by atoms with E-state index in [4.69, 9.17) is 14.9 Å². The van der Waals surface area contributed by atoms with Gasteiger partial charge in [0, 0.05) is 0 Å². The zero-order valence-corrected chi connectivity index (χ0v) is 9.74. The van der Waals surface area contributed by atoms with Gasteiger partial charge in [-0.2, -0.15) is 0 Å². The Bertz CT molecular complexity index is 599. The van der Waals surface area contributed by atoms with Gasteiger partial charge in [0.05, 0.1) is 11.1 Å². The molecule has 5 nitrogen and oxygen atoms in total. The predicted octanol–water partition coefficient (Wildman–Crippen LogP) is 2.31. The Balaban J connectivity index is 2.11. The van der Waals surface area contributed by atoms with Crippen LogP contribution in [0.25, 0.3) is 0 Å². The van der Waals surface area contributed by atoms with Crippen LogP contribution in [0, 0.1) is 0 Å². The van der Waals surface area contributed by atoms with Crippen molar-refractivity contribution in [3.63, 3.8) is 0 Å². The van der Waals surface area contributed by atoms with E-state index in [1.165, 1.54) is 48.5 Å². The molecule has 2 N–H and O–H groups in total. The molecule has 0 amide bonds. The summed E-state index contributed by atoms with van der Waals surface area (Å²) < 4.78 is 5.06. The highest BCUT2D eigenvalue weighted by atomic mass is 16.5. The number of aromatic carboxylic acids is 1. The average molecular weight is 258 g/mol. The SMILES string of the molecule is O=C(O)c1ccc(C(=O)Oc2ccc(O)cc2)cc1. The zero-order valence-electron chi connectivity index (χ0n) is 9.74. The van der Waals surface area contributed by atoms with E-state index in [2.05, 4.69) is 0 Å². The van der Waals surface area contributed by atoms with Gasteiger partial charge in [-0.15, -0.1) is 0 Å². The molecule has 96 valence electrons. The van der Waals surface area contributed by atoms with E-state index in [1.54, 1.807) is 0 Å². The zero-order chi connectivity index (χ0) is 13.8. The molecule has 0 unspecified atom stereocenters. The summed E-state index contributed by atoms with van der Waals surface area (Å²) in [6.07, 6.45) is 0. The van der Waals surface area contributed by atoms with Crippen LogP contribution in [-0.4, -0.2) is 22.2 Å². The Morgan fingerprint density at radius 3 is 1.89 bits per heavy atom. The molecule has 0 bridgehead atoms. The number of carboxylic acids is 1. The predicted molar refractivity (Wildman–Crippen MR) is 66.5 cm³/mol. The molecule has 5 heteroatoms. The molecule has 2 rings (SSSR count). The molecule has 0 fully saturated rings. The number of hydrogen-bond acceptors (Lipinski definition) is 4. The van der Waals surface area contributed by atoms with Gasteiger partial charge < -0.3 is 14.9 Å². The van der Waals surface area contributed by atoms with Crippen LogP contribution in [0.3, 0.4) is 0 Å². The lowest BCUT2D eigenvalue weighted by atomic mass is 10.1. The number of carboxylic acid groups (broad SMARTS) is 1. The van der Waals surface area contributed by atoms with Crippen LogP contribution in [0.15, 0.2) is 48.5 Å². The summed E-state index contributed by atoms with van der Waals surface area (Å²) in [5, 5.41) is 17.8. The van der Waals surface area contributed by atoms with Crippen molar-refractivity contribution in [3.8, 4) is 11.5 Å². The van der Waals surface area contributed by atoms with E-state index >= 15 is 0 Å². The van der Waals surface area contributed by atoms with Crippen LogP contribution in [0.2, 0.25) is 0 Å². The van der Waals surface area contributed by atoms with Gasteiger partial charge in [0.25, 0.3) is 0 Å². The molecule has 0 heterocycles. The number of ether oxygens (including phenoxy) is 1. The Labute approximate surface area is 108 Å². The molecule has 0 radical (unpaired) electrons. The van der Waals surface area contributed by atoms with Crippen molar-refractivity contribution >= 4 is 11.9 Å². The van der Waals surface area contributed by atoms with E-state index < -0.39 is 11.9 Å². The van der Waals surface area contributed by atoms with E-state index in [9.17, 15) is 9.59 Å². The second-order valence-corrected chi connectivity index (χ2v) is 3.77. The highest BCUT2D eigenvalue weighted by Gasteiger charge is 2.10. The van der Waals surface area contributed by atoms with Gasteiger partial charge >= 0.3 is 11.9 Å². The normalized spacial score (nSPS) is 9.89. The number of phenolic OH excluding ortho intramolecular Hbond substituents is 1. The van der Waals surface area contributed by atoms with E-state index in [0.29, 0.717) is 5.75 Å². The third-order valence-electron chi connectivity index (χ3n) is 2.41. The van der Waals surface area contributed by atoms with Crippen molar-refractivity contribution < 1.29 is 24.5 Å². The molecule has 0 aromatic heterocycles. The summed E-state index contributed by atoms with van der Waals surface area (Å²) in [5.41, 5.74) is 0.347. The third-order valence-corrected chi connectivity index (χ3v) is 2.41. The van der Waals surface area contributed by atoms with Gasteiger partial charge in [0.1, 0.15) is 11.5 Å². The van der Waals surface area contributed by atoms with Gasteiger partial charge in [0.15, 0.2) is 0 Å². The fourth-order valence-electron chi connectivity index (χ4n) is 1.43. The Morgan fingerprint density at radius 1 is 0.842 bits per heavy atom. The molecule has 0 saturated carbocycles. The van der Waals surface area contributed by atoms with Crippen LogP contribution < -0.4 is 4.74 Å². The van der Waals surface area contributed by atoms with Crippen molar-refractivity contribution in [2.24, 2.45) is 0 Å². The lowest BCUT2D eigenvalue weighted by Gasteiger charge is -2.04. The standard InChI is InChI=1S/C14H10O5/c15-11-5-7-12(8-6-11)19-14(18)10-3-1-9(2-4-10)13(16)17/h1-8,15H,(H,16,17). The summed E-state index contributed by atoms with van der Waals surface area (Å²) in [6, 6.07) is 11.1. The topological polar surface area (TPSA) is 83.8 Å². The van der Waals surface area contributed by atoms with Crippen molar-refractivity contribution in [1.82, 2.24) is 0 Å². The van der Waals surface area contributed by atoms with E-state index in [-0.39, 0.29) is 16.9 Å². The highest BCUT2D eigenvalue weighted by molar-refractivity contribution is 5.93.